The first kappa shape index (κ1) is 36.6. The number of nitrogens with one attached hydrogen (secondary N) is 1. The number of sulfonamides is 2. The molecule has 0 aliphatic heterocycles. The van der Waals surface area contributed by atoms with Crippen LogP contribution in [0.1, 0.15) is 58.4 Å². The largest absolute Gasteiger partial charge is 0.512 e. The summed E-state index contributed by atoms with van der Waals surface area (Å²) in [5.74, 6) is -2.71. The summed E-state index contributed by atoms with van der Waals surface area (Å²) >= 11 is 0. The molecule has 18 heteroatoms. The number of halogens is 6. The number of aliphatic hydroxyl groups is 1. The molecule has 0 bridgehead atoms. The first-order chi connectivity index (χ1) is 18.4. The maximum Gasteiger partial charge on any atom is 0.512 e. The van der Waals surface area contributed by atoms with E-state index in [9.17, 15) is 52.8 Å². The third-order valence-electron chi connectivity index (χ3n) is 5.94. The highest BCUT2D eigenvalue weighted by Crippen LogP contribution is 2.44. The summed E-state index contributed by atoms with van der Waals surface area (Å²) in [4.78, 5) is 24.7. The Hall–Kier alpha value is -2.44. The molecule has 0 aliphatic rings. The number of ether oxygens (including phenoxy) is 2. The molecule has 41 heavy (non-hydrogen) atoms. The molecule has 1 rings (SSSR count). The molecule has 0 heterocycles. The SMILES string of the molecule is CCC(CC(C)(CC(C)(C)C(=O)OCC(F)(F)F)C(=O)OCCO)c1ccc(S(=O)(=O)NS(=O)(=O)C(F)(F)F)cc1. The minimum Gasteiger partial charge on any atom is -0.463 e. The lowest BCUT2D eigenvalue weighted by atomic mass is 9.68. The first-order valence-corrected chi connectivity index (χ1v) is 14.8. The van der Waals surface area contributed by atoms with Crippen molar-refractivity contribution in [3.63, 3.8) is 0 Å². The molecular formula is C23H31F6NO9S2. The maximum atomic E-state index is 13.0. The standard InChI is InChI=1S/C23H31F6NO9S2/c1-5-15(16-6-8-17(9-7-16)40(34,35)30-41(36,37)23(27,28)29)12-21(4,19(33)38-11-10-31)13-20(2,3)18(32)39-14-22(24,25)26/h6-9,15,30-31H,5,10-14H2,1-4H3. The molecule has 2 unspecified atom stereocenters. The number of benzene rings is 1. The minimum atomic E-state index is -6.22. The van der Waals surface area contributed by atoms with Crippen molar-refractivity contribution >= 4 is 32.0 Å². The Kier molecular flexibility index (Phi) is 11.8. The van der Waals surface area contributed by atoms with Gasteiger partial charge in [0.2, 0.25) is 0 Å². The lowest BCUT2D eigenvalue weighted by Crippen LogP contribution is -2.41. The van der Waals surface area contributed by atoms with Gasteiger partial charge in [-0.1, -0.05) is 23.2 Å². The van der Waals surface area contributed by atoms with Crippen molar-refractivity contribution in [1.29, 1.82) is 0 Å². The second kappa shape index (κ2) is 13.2. The molecule has 0 aliphatic carbocycles. The second-order valence-corrected chi connectivity index (χ2v) is 13.7. The van der Waals surface area contributed by atoms with Crippen LogP contribution in [-0.4, -0.2) is 65.4 Å². The van der Waals surface area contributed by atoms with Crippen LogP contribution in [0.15, 0.2) is 29.2 Å². The van der Waals surface area contributed by atoms with Gasteiger partial charge in [-0.15, -0.1) is 0 Å². The maximum absolute atomic E-state index is 13.0. The van der Waals surface area contributed by atoms with E-state index in [-0.39, 0.29) is 19.3 Å². The number of esters is 2. The average Bonchev–Trinajstić information content (AvgIpc) is 2.82. The molecule has 10 nitrogen and oxygen atoms in total. The average molecular weight is 644 g/mol. The van der Waals surface area contributed by atoms with Crippen molar-refractivity contribution in [2.75, 3.05) is 19.8 Å². The highest BCUT2D eigenvalue weighted by atomic mass is 32.3. The van der Waals surface area contributed by atoms with E-state index < -0.39 is 85.1 Å². The summed E-state index contributed by atoms with van der Waals surface area (Å²) in [6.07, 6.45) is -4.96. The summed E-state index contributed by atoms with van der Waals surface area (Å²) in [6.45, 7) is 2.81. The highest BCUT2D eigenvalue weighted by molar-refractivity contribution is 8.05. The molecule has 2 atom stereocenters. The lowest BCUT2D eigenvalue weighted by molar-refractivity contribution is -0.194. The van der Waals surface area contributed by atoms with Crippen molar-refractivity contribution in [1.82, 2.24) is 4.13 Å². The van der Waals surface area contributed by atoms with Crippen LogP contribution in [0.4, 0.5) is 26.3 Å². The normalized spacial score (nSPS) is 15.6. The van der Waals surface area contributed by atoms with E-state index in [0.717, 1.165) is 12.1 Å². The van der Waals surface area contributed by atoms with Crippen molar-refractivity contribution in [3.8, 4) is 0 Å². The molecular weight excluding hydrogens is 612 g/mol. The Bertz CT molecular complexity index is 1280. The number of rotatable bonds is 14. The van der Waals surface area contributed by atoms with Crippen molar-refractivity contribution in [3.05, 3.63) is 29.8 Å². The summed E-state index contributed by atoms with van der Waals surface area (Å²) in [6, 6.07) is 4.08. The monoisotopic (exact) mass is 643 g/mol. The number of carbonyl (C=O) groups is 2. The zero-order valence-electron chi connectivity index (χ0n) is 22.4. The van der Waals surface area contributed by atoms with Gasteiger partial charge in [-0.2, -0.15) is 26.3 Å². The van der Waals surface area contributed by atoms with Crippen LogP contribution in [0, 0.1) is 10.8 Å². The number of hydrogen-bond donors (Lipinski definition) is 2. The van der Waals surface area contributed by atoms with Gasteiger partial charge in [0.1, 0.15) is 6.61 Å². The molecule has 0 amide bonds. The van der Waals surface area contributed by atoms with Gasteiger partial charge in [0.25, 0.3) is 10.0 Å². The molecule has 0 radical (unpaired) electrons. The van der Waals surface area contributed by atoms with Crippen LogP contribution in [-0.2, 0) is 39.1 Å². The molecule has 0 saturated carbocycles. The lowest BCUT2D eigenvalue weighted by Gasteiger charge is -2.36. The van der Waals surface area contributed by atoms with E-state index in [4.69, 9.17) is 9.84 Å². The van der Waals surface area contributed by atoms with Crippen LogP contribution in [0.25, 0.3) is 0 Å². The Morgan fingerprint density at radius 3 is 1.90 bits per heavy atom. The van der Waals surface area contributed by atoms with Crippen LogP contribution in [0.3, 0.4) is 0 Å². The Morgan fingerprint density at radius 2 is 1.46 bits per heavy atom. The molecule has 2 N–H and O–H groups in total. The van der Waals surface area contributed by atoms with Gasteiger partial charge in [-0.25, -0.2) is 16.8 Å². The van der Waals surface area contributed by atoms with Crippen LogP contribution < -0.4 is 4.13 Å². The third-order valence-corrected chi connectivity index (χ3v) is 9.20. The fourth-order valence-corrected chi connectivity index (χ4v) is 6.54. The number of aliphatic hydroxyl groups excluding tert-OH is 1. The van der Waals surface area contributed by atoms with Gasteiger partial charge in [-0.3, -0.25) is 9.59 Å². The first-order valence-electron chi connectivity index (χ1n) is 11.9. The molecule has 0 saturated heterocycles. The summed E-state index contributed by atoms with van der Waals surface area (Å²) in [5.41, 5.74) is -8.69. The molecule has 1 aromatic carbocycles. The predicted molar refractivity (Wildman–Crippen MR) is 131 cm³/mol. The third kappa shape index (κ3) is 10.4. The predicted octanol–water partition coefficient (Wildman–Crippen LogP) is 3.76. The Balaban J connectivity index is 3.32. The zero-order valence-corrected chi connectivity index (χ0v) is 24.1. The van der Waals surface area contributed by atoms with Gasteiger partial charge in [0.05, 0.1) is 22.3 Å². The van der Waals surface area contributed by atoms with Gasteiger partial charge in [0.15, 0.2) is 6.61 Å². The van der Waals surface area contributed by atoms with Crippen LogP contribution >= 0.6 is 0 Å². The number of carbonyl (C=O) groups excluding carboxylic acids is 2. The summed E-state index contributed by atoms with van der Waals surface area (Å²) in [7, 11) is -11.4. The van der Waals surface area contributed by atoms with Crippen molar-refractivity contribution in [2.45, 2.75) is 69.5 Å². The molecule has 0 spiro atoms. The van der Waals surface area contributed by atoms with Gasteiger partial charge < -0.3 is 14.6 Å². The topological polar surface area (TPSA) is 153 Å². The smallest absolute Gasteiger partial charge is 0.463 e. The quantitative estimate of drug-likeness (QED) is 0.228. The summed E-state index contributed by atoms with van der Waals surface area (Å²) in [5, 5.41) is 9.05. The van der Waals surface area contributed by atoms with Gasteiger partial charge >= 0.3 is 33.6 Å². The van der Waals surface area contributed by atoms with E-state index in [1.165, 1.54) is 32.9 Å². The fraction of sp³-hybridized carbons (Fsp3) is 0.652. The van der Waals surface area contributed by atoms with E-state index in [1.54, 1.807) is 6.92 Å². The van der Waals surface area contributed by atoms with E-state index in [2.05, 4.69) is 4.74 Å². The molecule has 1 aromatic rings. The zero-order chi connectivity index (χ0) is 32.1. The minimum absolute atomic E-state index is 0.101. The fourth-order valence-electron chi connectivity index (χ4n) is 4.13. The summed E-state index contributed by atoms with van der Waals surface area (Å²) < 4.78 is 132. The van der Waals surface area contributed by atoms with Gasteiger partial charge in [-0.05, 0) is 63.6 Å². The van der Waals surface area contributed by atoms with Gasteiger partial charge in [0, 0.05) is 0 Å². The highest BCUT2D eigenvalue weighted by Gasteiger charge is 2.49. The molecule has 0 fully saturated rings. The van der Waals surface area contributed by atoms with E-state index >= 15 is 0 Å². The second-order valence-electron chi connectivity index (χ2n) is 10.1. The Labute approximate surface area is 233 Å². The number of hydrogen-bond acceptors (Lipinski definition) is 9. The van der Waals surface area contributed by atoms with E-state index in [1.807, 2.05) is 0 Å². The molecule has 236 valence electrons. The molecule has 0 aromatic heterocycles. The van der Waals surface area contributed by atoms with Crippen molar-refractivity contribution < 1.29 is 67.3 Å². The van der Waals surface area contributed by atoms with Crippen LogP contribution in [0.5, 0.6) is 0 Å². The Morgan fingerprint density at radius 1 is 0.927 bits per heavy atom. The van der Waals surface area contributed by atoms with Crippen LogP contribution in [0.2, 0.25) is 0 Å². The number of alkyl halides is 6. The van der Waals surface area contributed by atoms with Crippen molar-refractivity contribution in [2.24, 2.45) is 10.8 Å². The van der Waals surface area contributed by atoms with E-state index in [0.29, 0.717) is 9.69 Å².